The molecule has 1 aromatic heterocycles. The Balaban J connectivity index is 2.13. The molecule has 6 nitrogen and oxygen atoms in total. The highest BCUT2D eigenvalue weighted by atomic mass is 127. The van der Waals surface area contributed by atoms with Gasteiger partial charge in [-0.25, -0.2) is 0 Å². The van der Waals surface area contributed by atoms with E-state index in [1.165, 1.54) is 4.80 Å². The summed E-state index contributed by atoms with van der Waals surface area (Å²) in [6, 6.07) is 5.21. The third kappa shape index (κ3) is 3.63. The van der Waals surface area contributed by atoms with Gasteiger partial charge in [0.25, 0.3) is 11.9 Å². The lowest BCUT2D eigenvalue weighted by Crippen LogP contribution is -2.14. The summed E-state index contributed by atoms with van der Waals surface area (Å²) in [5, 5.41) is 14.6. The standard InChI is InChI=1S/C11H11ClIN5O/c1-2-5-18-16-11(15-17-18)14-10(19)8-6-7(13)3-4-9(8)12/h3-4,6H,2,5H2,1H3,(H,14,16,19). The zero-order chi connectivity index (χ0) is 13.8. The number of anilines is 1. The third-order valence-corrected chi connectivity index (χ3v) is 3.28. The van der Waals surface area contributed by atoms with E-state index in [1.54, 1.807) is 12.1 Å². The Morgan fingerprint density at radius 1 is 1.53 bits per heavy atom. The molecule has 19 heavy (non-hydrogen) atoms. The molecule has 1 N–H and O–H groups in total. The van der Waals surface area contributed by atoms with Gasteiger partial charge in [0.2, 0.25) is 0 Å². The second kappa shape index (κ2) is 6.29. The fraction of sp³-hybridized carbons (Fsp3) is 0.273. The van der Waals surface area contributed by atoms with Crippen LogP contribution in [-0.2, 0) is 6.54 Å². The molecule has 0 bridgehead atoms. The summed E-state index contributed by atoms with van der Waals surface area (Å²) in [5.74, 6) is -0.173. The zero-order valence-corrected chi connectivity index (χ0v) is 13.0. The number of nitrogens with one attached hydrogen (secondary N) is 1. The molecule has 0 saturated heterocycles. The van der Waals surface area contributed by atoms with Crippen LogP contribution in [0.2, 0.25) is 5.02 Å². The van der Waals surface area contributed by atoms with Crippen molar-refractivity contribution in [1.82, 2.24) is 20.2 Å². The van der Waals surface area contributed by atoms with E-state index < -0.39 is 0 Å². The van der Waals surface area contributed by atoms with Crippen molar-refractivity contribution in [3.63, 3.8) is 0 Å². The van der Waals surface area contributed by atoms with Crippen molar-refractivity contribution in [2.75, 3.05) is 5.32 Å². The largest absolute Gasteiger partial charge is 0.288 e. The molecule has 8 heteroatoms. The van der Waals surface area contributed by atoms with E-state index >= 15 is 0 Å². The molecular weight excluding hydrogens is 381 g/mol. The number of carbonyl (C=O) groups is 1. The minimum atomic E-state index is -0.348. The van der Waals surface area contributed by atoms with Crippen LogP contribution in [0, 0.1) is 3.57 Å². The van der Waals surface area contributed by atoms with Crippen molar-refractivity contribution >= 4 is 46.0 Å². The normalized spacial score (nSPS) is 10.5. The van der Waals surface area contributed by atoms with Crippen LogP contribution < -0.4 is 5.32 Å². The van der Waals surface area contributed by atoms with E-state index in [1.807, 2.05) is 13.0 Å². The van der Waals surface area contributed by atoms with Crippen molar-refractivity contribution in [3.05, 3.63) is 32.4 Å². The predicted octanol–water partition coefficient (Wildman–Crippen LogP) is 2.59. The third-order valence-electron chi connectivity index (χ3n) is 2.27. The number of hydrogen-bond acceptors (Lipinski definition) is 4. The topological polar surface area (TPSA) is 72.7 Å². The molecule has 1 amide bonds. The SMILES string of the molecule is CCCn1nnc(NC(=O)c2cc(I)ccc2Cl)n1. The highest BCUT2D eigenvalue weighted by molar-refractivity contribution is 14.1. The van der Waals surface area contributed by atoms with Crippen molar-refractivity contribution in [1.29, 1.82) is 0 Å². The number of nitrogens with zero attached hydrogens (tertiary/aromatic N) is 4. The van der Waals surface area contributed by atoms with E-state index in [0.29, 0.717) is 17.1 Å². The number of aromatic nitrogens is 4. The number of amides is 1. The molecule has 0 aliphatic carbocycles. The Hall–Kier alpha value is -1.22. The van der Waals surface area contributed by atoms with Crippen molar-refractivity contribution in [2.45, 2.75) is 19.9 Å². The number of rotatable bonds is 4. The van der Waals surface area contributed by atoms with E-state index in [0.717, 1.165) is 9.99 Å². The highest BCUT2D eigenvalue weighted by Crippen LogP contribution is 2.19. The maximum absolute atomic E-state index is 12.0. The Bertz CT molecular complexity index is 601. The van der Waals surface area contributed by atoms with Gasteiger partial charge in [-0.1, -0.05) is 23.6 Å². The van der Waals surface area contributed by atoms with Gasteiger partial charge in [-0.05, 0) is 52.4 Å². The molecule has 0 fully saturated rings. The van der Waals surface area contributed by atoms with Crippen molar-refractivity contribution < 1.29 is 4.79 Å². The zero-order valence-electron chi connectivity index (χ0n) is 10.1. The summed E-state index contributed by atoms with van der Waals surface area (Å²) in [6.07, 6.45) is 0.895. The second-order valence-electron chi connectivity index (χ2n) is 3.79. The Labute approximate surface area is 128 Å². The van der Waals surface area contributed by atoms with Gasteiger partial charge < -0.3 is 0 Å². The van der Waals surface area contributed by atoms with Crippen LogP contribution in [0.3, 0.4) is 0 Å². The first-order valence-electron chi connectivity index (χ1n) is 5.64. The fourth-order valence-corrected chi connectivity index (χ4v) is 2.12. The van der Waals surface area contributed by atoms with Gasteiger partial charge in [0.15, 0.2) is 0 Å². The van der Waals surface area contributed by atoms with Crippen LogP contribution in [0.4, 0.5) is 5.95 Å². The summed E-state index contributed by atoms with van der Waals surface area (Å²) in [6.45, 7) is 2.67. The number of halogens is 2. The Morgan fingerprint density at radius 2 is 2.32 bits per heavy atom. The van der Waals surface area contributed by atoms with Gasteiger partial charge in [-0.2, -0.15) is 4.80 Å². The maximum Gasteiger partial charge on any atom is 0.270 e. The minimum absolute atomic E-state index is 0.174. The van der Waals surface area contributed by atoms with Crippen molar-refractivity contribution in [3.8, 4) is 0 Å². The van der Waals surface area contributed by atoms with Gasteiger partial charge in [0, 0.05) is 3.57 Å². The van der Waals surface area contributed by atoms with Gasteiger partial charge in [-0.3, -0.25) is 10.1 Å². The van der Waals surface area contributed by atoms with E-state index in [2.05, 4.69) is 43.3 Å². The van der Waals surface area contributed by atoms with E-state index in [-0.39, 0.29) is 11.9 Å². The minimum Gasteiger partial charge on any atom is -0.288 e. The monoisotopic (exact) mass is 391 g/mol. The number of hydrogen-bond donors (Lipinski definition) is 1. The van der Waals surface area contributed by atoms with Crippen LogP contribution in [0.15, 0.2) is 18.2 Å². The molecule has 0 aliphatic rings. The number of benzene rings is 1. The quantitative estimate of drug-likeness (QED) is 0.813. The second-order valence-corrected chi connectivity index (χ2v) is 5.44. The lowest BCUT2D eigenvalue weighted by molar-refractivity contribution is 0.102. The molecule has 0 radical (unpaired) electrons. The Morgan fingerprint density at radius 3 is 3.05 bits per heavy atom. The van der Waals surface area contributed by atoms with E-state index in [4.69, 9.17) is 11.6 Å². The number of aryl methyl sites for hydroxylation is 1. The average Bonchev–Trinajstić information content (AvgIpc) is 2.80. The average molecular weight is 392 g/mol. The molecule has 1 heterocycles. The molecule has 2 aromatic rings. The highest BCUT2D eigenvalue weighted by Gasteiger charge is 2.13. The van der Waals surface area contributed by atoms with Crippen LogP contribution in [-0.4, -0.2) is 26.1 Å². The van der Waals surface area contributed by atoms with Crippen LogP contribution in [0.25, 0.3) is 0 Å². The summed E-state index contributed by atoms with van der Waals surface area (Å²) in [4.78, 5) is 13.5. The van der Waals surface area contributed by atoms with Gasteiger partial charge >= 0.3 is 0 Å². The first kappa shape index (κ1) is 14.2. The van der Waals surface area contributed by atoms with Crippen LogP contribution in [0.1, 0.15) is 23.7 Å². The van der Waals surface area contributed by atoms with Crippen LogP contribution >= 0.6 is 34.2 Å². The summed E-state index contributed by atoms with van der Waals surface area (Å²) >= 11 is 8.10. The van der Waals surface area contributed by atoms with Crippen LogP contribution in [0.5, 0.6) is 0 Å². The molecule has 0 unspecified atom stereocenters. The lowest BCUT2D eigenvalue weighted by atomic mass is 10.2. The maximum atomic E-state index is 12.0. The Kier molecular flexibility index (Phi) is 4.70. The molecule has 1 aromatic carbocycles. The number of tetrazole rings is 1. The van der Waals surface area contributed by atoms with Gasteiger partial charge in [0.1, 0.15) is 0 Å². The van der Waals surface area contributed by atoms with Gasteiger partial charge in [-0.15, -0.1) is 5.10 Å². The van der Waals surface area contributed by atoms with E-state index in [9.17, 15) is 4.79 Å². The molecule has 0 aliphatic heterocycles. The molecular formula is C11H11ClIN5O. The molecule has 100 valence electrons. The first-order valence-corrected chi connectivity index (χ1v) is 7.10. The first-order chi connectivity index (χ1) is 9.10. The lowest BCUT2D eigenvalue weighted by Gasteiger charge is -2.03. The molecule has 0 saturated carbocycles. The summed E-state index contributed by atoms with van der Waals surface area (Å²) < 4.78 is 0.926. The van der Waals surface area contributed by atoms with Gasteiger partial charge in [0.05, 0.1) is 17.1 Å². The summed E-state index contributed by atoms with van der Waals surface area (Å²) in [7, 11) is 0. The predicted molar refractivity (Wildman–Crippen MR) is 80.2 cm³/mol. The summed E-state index contributed by atoms with van der Waals surface area (Å²) in [5.41, 5.74) is 0.389. The number of carbonyl (C=O) groups excluding carboxylic acids is 1. The molecule has 2 rings (SSSR count). The smallest absolute Gasteiger partial charge is 0.270 e. The fourth-order valence-electron chi connectivity index (χ4n) is 1.43. The molecule has 0 spiro atoms. The van der Waals surface area contributed by atoms with Crippen molar-refractivity contribution in [2.24, 2.45) is 0 Å². The molecule has 0 atom stereocenters.